The van der Waals surface area contributed by atoms with E-state index < -0.39 is 0 Å². The van der Waals surface area contributed by atoms with Gasteiger partial charge in [-0.15, -0.1) is 0 Å². The molecule has 0 bridgehead atoms. The molecular formula is C15H23N3O. The molecule has 4 nitrogen and oxygen atoms in total. The number of aryl methyl sites for hydroxylation is 1. The van der Waals surface area contributed by atoms with E-state index in [1.807, 2.05) is 24.0 Å². The predicted octanol–water partition coefficient (Wildman–Crippen LogP) is 3.29. The minimum Gasteiger partial charge on any atom is -0.324 e. The van der Waals surface area contributed by atoms with Crippen LogP contribution >= 0.6 is 0 Å². The van der Waals surface area contributed by atoms with Gasteiger partial charge in [-0.25, -0.2) is 9.78 Å². The fraction of sp³-hybridized carbons (Fsp3) is 0.600. The van der Waals surface area contributed by atoms with E-state index in [4.69, 9.17) is 0 Å². The summed E-state index contributed by atoms with van der Waals surface area (Å²) < 4.78 is 0. The summed E-state index contributed by atoms with van der Waals surface area (Å²) in [5, 5.41) is 2.86. The van der Waals surface area contributed by atoms with Gasteiger partial charge < -0.3 is 4.90 Å². The second kappa shape index (κ2) is 6.04. The number of amides is 2. The van der Waals surface area contributed by atoms with Crippen LogP contribution < -0.4 is 5.32 Å². The molecule has 0 aromatic carbocycles. The summed E-state index contributed by atoms with van der Waals surface area (Å²) in [4.78, 5) is 18.2. The smallest absolute Gasteiger partial charge is 0.323 e. The molecule has 0 radical (unpaired) electrons. The monoisotopic (exact) mass is 261 g/mol. The number of nitrogens with one attached hydrogen (secondary N) is 1. The Morgan fingerprint density at radius 2 is 2.05 bits per heavy atom. The number of hydrogen-bond donors (Lipinski definition) is 1. The highest BCUT2D eigenvalue weighted by Gasteiger charge is 2.24. The molecular weight excluding hydrogens is 238 g/mol. The first-order valence-corrected chi connectivity index (χ1v) is 7.05. The molecule has 0 unspecified atom stereocenters. The van der Waals surface area contributed by atoms with Crippen molar-refractivity contribution in [3.8, 4) is 0 Å². The molecule has 1 aromatic rings. The fourth-order valence-electron chi connectivity index (χ4n) is 2.50. The maximum Gasteiger partial charge on any atom is 0.323 e. The molecule has 1 aromatic heterocycles. The molecule has 1 aliphatic heterocycles. The Morgan fingerprint density at radius 3 is 2.58 bits per heavy atom. The Morgan fingerprint density at radius 1 is 1.37 bits per heavy atom. The zero-order valence-corrected chi connectivity index (χ0v) is 12.0. The Kier molecular flexibility index (Phi) is 4.40. The van der Waals surface area contributed by atoms with E-state index in [2.05, 4.69) is 24.1 Å². The van der Waals surface area contributed by atoms with Crippen molar-refractivity contribution in [2.24, 2.45) is 11.8 Å². The minimum absolute atomic E-state index is 0.0291. The van der Waals surface area contributed by atoms with E-state index in [0.29, 0.717) is 11.7 Å². The summed E-state index contributed by atoms with van der Waals surface area (Å²) in [5.41, 5.74) is 1.09. The van der Waals surface area contributed by atoms with Crippen molar-refractivity contribution in [3.63, 3.8) is 0 Å². The van der Waals surface area contributed by atoms with E-state index in [-0.39, 0.29) is 6.03 Å². The number of aromatic nitrogens is 1. The fourth-order valence-corrected chi connectivity index (χ4v) is 2.50. The van der Waals surface area contributed by atoms with Crippen LogP contribution in [-0.4, -0.2) is 29.0 Å². The van der Waals surface area contributed by atoms with Gasteiger partial charge in [-0.1, -0.05) is 19.9 Å². The second-order valence-electron chi connectivity index (χ2n) is 5.72. The van der Waals surface area contributed by atoms with Crippen LogP contribution in [0.2, 0.25) is 0 Å². The molecule has 0 atom stereocenters. The lowest BCUT2D eigenvalue weighted by Gasteiger charge is -2.33. The number of nitrogens with zero attached hydrogens (tertiary/aromatic N) is 2. The highest BCUT2D eigenvalue weighted by Crippen LogP contribution is 2.24. The first kappa shape index (κ1) is 13.8. The number of pyridine rings is 1. The van der Waals surface area contributed by atoms with Gasteiger partial charge in [-0.2, -0.15) is 0 Å². The topological polar surface area (TPSA) is 45.2 Å². The zero-order valence-electron chi connectivity index (χ0n) is 12.0. The Bertz CT molecular complexity index is 420. The van der Waals surface area contributed by atoms with E-state index in [1.165, 1.54) is 0 Å². The molecule has 2 amide bonds. The Hall–Kier alpha value is -1.58. The molecule has 1 saturated heterocycles. The molecule has 1 aliphatic rings. The van der Waals surface area contributed by atoms with Gasteiger partial charge in [0.2, 0.25) is 0 Å². The van der Waals surface area contributed by atoms with E-state index >= 15 is 0 Å². The highest BCUT2D eigenvalue weighted by atomic mass is 16.2. The summed E-state index contributed by atoms with van der Waals surface area (Å²) >= 11 is 0. The zero-order chi connectivity index (χ0) is 13.8. The van der Waals surface area contributed by atoms with Crippen molar-refractivity contribution in [2.45, 2.75) is 33.6 Å². The number of likely N-dealkylation sites (tertiary alicyclic amines) is 1. The lowest BCUT2D eigenvalue weighted by molar-refractivity contribution is 0.167. The van der Waals surface area contributed by atoms with Crippen LogP contribution in [-0.2, 0) is 0 Å². The first-order valence-electron chi connectivity index (χ1n) is 7.05. The van der Waals surface area contributed by atoms with Crippen LogP contribution in [0.25, 0.3) is 0 Å². The largest absolute Gasteiger partial charge is 0.324 e. The van der Waals surface area contributed by atoms with E-state index in [0.717, 1.165) is 37.4 Å². The number of piperidine rings is 1. The lowest BCUT2D eigenvalue weighted by Crippen LogP contribution is -2.42. The van der Waals surface area contributed by atoms with Crippen LogP contribution in [0.1, 0.15) is 32.3 Å². The van der Waals surface area contributed by atoms with Crippen LogP contribution in [0.3, 0.4) is 0 Å². The van der Waals surface area contributed by atoms with Gasteiger partial charge in [0.05, 0.1) is 0 Å². The number of urea groups is 1. The third-order valence-electron chi connectivity index (χ3n) is 3.92. The van der Waals surface area contributed by atoms with Gasteiger partial charge in [0, 0.05) is 19.3 Å². The Balaban J connectivity index is 1.86. The average Bonchev–Trinajstić information content (AvgIpc) is 2.41. The van der Waals surface area contributed by atoms with E-state index in [1.54, 1.807) is 6.20 Å². The van der Waals surface area contributed by atoms with Crippen LogP contribution in [0.15, 0.2) is 18.3 Å². The quantitative estimate of drug-likeness (QED) is 0.888. The lowest BCUT2D eigenvalue weighted by atomic mass is 9.87. The summed E-state index contributed by atoms with van der Waals surface area (Å²) in [6, 6.07) is 3.76. The summed E-state index contributed by atoms with van der Waals surface area (Å²) in [6.07, 6.45) is 3.97. The molecule has 2 heterocycles. The molecule has 0 saturated carbocycles. The number of hydrogen-bond acceptors (Lipinski definition) is 2. The second-order valence-corrected chi connectivity index (χ2v) is 5.72. The summed E-state index contributed by atoms with van der Waals surface area (Å²) in [7, 11) is 0. The van der Waals surface area contributed by atoms with Gasteiger partial charge >= 0.3 is 6.03 Å². The van der Waals surface area contributed by atoms with Crippen LogP contribution in [0.5, 0.6) is 0 Å². The van der Waals surface area contributed by atoms with Gasteiger partial charge in [-0.3, -0.25) is 5.32 Å². The van der Waals surface area contributed by atoms with Crippen molar-refractivity contribution in [2.75, 3.05) is 18.4 Å². The average molecular weight is 261 g/mol. The minimum atomic E-state index is -0.0291. The number of anilines is 1. The Labute approximate surface area is 115 Å². The van der Waals surface area contributed by atoms with Gasteiger partial charge in [0.15, 0.2) is 0 Å². The predicted molar refractivity (Wildman–Crippen MR) is 77.1 cm³/mol. The molecule has 4 heteroatoms. The van der Waals surface area contributed by atoms with Gasteiger partial charge in [-0.05, 0) is 43.2 Å². The molecule has 1 N–H and O–H groups in total. The molecule has 2 rings (SSSR count). The molecule has 1 fully saturated rings. The number of rotatable bonds is 2. The maximum absolute atomic E-state index is 12.1. The molecule has 19 heavy (non-hydrogen) atoms. The number of carbonyl (C=O) groups is 1. The van der Waals surface area contributed by atoms with Crippen molar-refractivity contribution in [1.29, 1.82) is 0 Å². The van der Waals surface area contributed by atoms with Crippen LogP contribution in [0, 0.1) is 18.8 Å². The molecule has 0 aliphatic carbocycles. The van der Waals surface area contributed by atoms with Gasteiger partial charge in [0.25, 0.3) is 0 Å². The van der Waals surface area contributed by atoms with Gasteiger partial charge in [0.1, 0.15) is 5.82 Å². The van der Waals surface area contributed by atoms with Crippen molar-refractivity contribution < 1.29 is 4.79 Å². The van der Waals surface area contributed by atoms with Crippen molar-refractivity contribution in [3.05, 3.63) is 23.9 Å². The highest BCUT2D eigenvalue weighted by molar-refractivity contribution is 5.88. The van der Waals surface area contributed by atoms with Crippen molar-refractivity contribution in [1.82, 2.24) is 9.88 Å². The maximum atomic E-state index is 12.1. The number of carbonyl (C=O) groups excluding carboxylic acids is 1. The summed E-state index contributed by atoms with van der Waals surface area (Å²) in [6.45, 7) is 8.20. The molecule has 104 valence electrons. The summed E-state index contributed by atoms with van der Waals surface area (Å²) in [5.74, 6) is 2.09. The first-order chi connectivity index (χ1) is 9.06. The molecule has 0 spiro atoms. The SMILES string of the molecule is Cc1ccc(NC(=O)N2CCC(C(C)C)CC2)nc1. The normalized spacial score (nSPS) is 16.7. The van der Waals surface area contributed by atoms with Crippen LogP contribution in [0.4, 0.5) is 10.6 Å². The third kappa shape index (κ3) is 3.69. The van der Waals surface area contributed by atoms with Crippen molar-refractivity contribution >= 4 is 11.8 Å². The van der Waals surface area contributed by atoms with E-state index in [9.17, 15) is 4.79 Å². The third-order valence-corrected chi connectivity index (χ3v) is 3.92. The standard InChI is InChI=1S/C15H23N3O/c1-11(2)13-6-8-18(9-7-13)15(19)17-14-5-4-12(3)10-16-14/h4-5,10-11,13H,6-9H2,1-3H3,(H,16,17,19).